The summed E-state index contributed by atoms with van der Waals surface area (Å²) in [5.74, 6) is 0. The van der Waals surface area contributed by atoms with Crippen molar-refractivity contribution < 1.29 is 4.52 Å². The third-order valence-electron chi connectivity index (χ3n) is 2.01. The number of aromatic nitrogens is 2. The van der Waals surface area contributed by atoms with Crippen molar-refractivity contribution in [3.05, 3.63) is 24.2 Å². The van der Waals surface area contributed by atoms with Gasteiger partial charge >= 0.3 is 0 Å². The van der Waals surface area contributed by atoms with E-state index in [0.717, 1.165) is 16.7 Å². The first-order valence-corrected chi connectivity index (χ1v) is 4.28. The van der Waals surface area contributed by atoms with Crippen LogP contribution in [0.1, 0.15) is 26.5 Å². The van der Waals surface area contributed by atoms with Gasteiger partial charge in [0.15, 0.2) is 5.58 Å². The second-order valence-electron chi connectivity index (χ2n) is 4.18. The summed E-state index contributed by atoms with van der Waals surface area (Å²) in [6.45, 7) is 6.37. The minimum absolute atomic E-state index is 0.0565. The predicted molar refractivity (Wildman–Crippen MR) is 50.5 cm³/mol. The van der Waals surface area contributed by atoms with Gasteiger partial charge in [-0.15, -0.1) is 0 Å². The van der Waals surface area contributed by atoms with Crippen LogP contribution in [-0.4, -0.2) is 10.1 Å². The highest BCUT2D eigenvalue weighted by Gasteiger charge is 2.16. The minimum Gasteiger partial charge on any atom is -0.356 e. The zero-order valence-corrected chi connectivity index (χ0v) is 8.03. The first-order valence-electron chi connectivity index (χ1n) is 4.28. The smallest absolute Gasteiger partial charge is 0.170 e. The highest BCUT2D eigenvalue weighted by Crippen LogP contribution is 2.23. The number of rotatable bonds is 0. The van der Waals surface area contributed by atoms with Crippen LogP contribution in [0.3, 0.4) is 0 Å². The fourth-order valence-corrected chi connectivity index (χ4v) is 1.17. The van der Waals surface area contributed by atoms with Gasteiger partial charge in [0.1, 0.15) is 0 Å². The molecule has 0 aliphatic heterocycles. The van der Waals surface area contributed by atoms with Gasteiger partial charge in [0.2, 0.25) is 0 Å². The molecule has 13 heavy (non-hydrogen) atoms. The summed E-state index contributed by atoms with van der Waals surface area (Å²) in [6, 6.07) is 1.95. The molecule has 0 aromatic carbocycles. The third-order valence-corrected chi connectivity index (χ3v) is 2.01. The van der Waals surface area contributed by atoms with Crippen molar-refractivity contribution in [1.29, 1.82) is 0 Å². The van der Waals surface area contributed by atoms with Crippen molar-refractivity contribution in [2.75, 3.05) is 0 Å². The van der Waals surface area contributed by atoms with E-state index in [1.54, 1.807) is 12.4 Å². The molecule has 0 saturated carbocycles. The van der Waals surface area contributed by atoms with Gasteiger partial charge in [-0.1, -0.05) is 25.9 Å². The summed E-state index contributed by atoms with van der Waals surface area (Å²) >= 11 is 0. The van der Waals surface area contributed by atoms with E-state index in [0.29, 0.717) is 0 Å². The van der Waals surface area contributed by atoms with E-state index in [1.165, 1.54) is 0 Å². The van der Waals surface area contributed by atoms with Crippen molar-refractivity contribution in [3.8, 4) is 0 Å². The normalized spacial score (nSPS) is 12.2. The Labute approximate surface area is 76.8 Å². The summed E-state index contributed by atoms with van der Waals surface area (Å²) in [6.07, 6.45) is 3.47. The Bertz CT molecular complexity index is 426. The fraction of sp³-hybridized carbons (Fsp3) is 0.400. The lowest BCUT2D eigenvalue weighted by atomic mass is 9.91. The molecule has 0 radical (unpaired) electrons. The Balaban J connectivity index is 2.61. The maximum absolute atomic E-state index is 5.06. The van der Waals surface area contributed by atoms with E-state index >= 15 is 0 Å². The Morgan fingerprint density at radius 1 is 1.23 bits per heavy atom. The number of nitrogens with zero attached hydrogens (tertiary/aromatic N) is 2. The molecule has 0 spiro atoms. The van der Waals surface area contributed by atoms with Gasteiger partial charge in [-0.2, -0.15) is 0 Å². The first kappa shape index (κ1) is 8.23. The molecule has 3 heteroatoms. The topological polar surface area (TPSA) is 38.9 Å². The standard InChI is InChI=1S/C10H12N2O/c1-10(2,3)9-4-8-7(5-11-9)6-12-13-8/h4-6H,1-3H3. The Hall–Kier alpha value is -1.38. The molecule has 3 nitrogen and oxygen atoms in total. The van der Waals surface area contributed by atoms with Crippen LogP contribution in [0, 0.1) is 0 Å². The SMILES string of the molecule is CC(C)(C)c1cc2oncc2cn1. The molecule has 2 aromatic heterocycles. The van der Waals surface area contributed by atoms with E-state index in [1.807, 2.05) is 6.07 Å². The van der Waals surface area contributed by atoms with Crippen molar-refractivity contribution in [2.24, 2.45) is 0 Å². The zero-order valence-electron chi connectivity index (χ0n) is 8.03. The molecular formula is C10H12N2O. The highest BCUT2D eigenvalue weighted by atomic mass is 16.5. The van der Waals surface area contributed by atoms with E-state index in [2.05, 4.69) is 30.9 Å². The molecule has 2 heterocycles. The lowest BCUT2D eigenvalue weighted by Crippen LogP contribution is -2.12. The van der Waals surface area contributed by atoms with Crippen molar-refractivity contribution in [1.82, 2.24) is 10.1 Å². The molecule has 0 saturated heterocycles. The van der Waals surface area contributed by atoms with E-state index in [4.69, 9.17) is 4.52 Å². The second-order valence-corrected chi connectivity index (χ2v) is 4.18. The van der Waals surface area contributed by atoms with Crippen LogP contribution in [0.5, 0.6) is 0 Å². The lowest BCUT2D eigenvalue weighted by Gasteiger charge is -2.16. The van der Waals surface area contributed by atoms with Crippen LogP contribution >= 0.6 is 0 Å². The molecule has 68 valence electrons. The molecular weight excluding hydrogens is 164 g/mol. The van der Waals surface area contributed by atoms with Gasteiger partial charge in [0, 0.05) is 23.4 Å². The maximum Gasteiger partial charge on any atom is 0.170 e. The molecule has 0 atom stereocenters. The summed E-state index contributed by atoms with van der Waals surface area (Å²) in [7, 11) is 0. The molecule has 0 bridgehead atoms. The predicted octanol–water partition coefficient (Wildman–Crippen LogP) is 2.52. The van der Waals surface area contributed by atoms with Gasteiger partial charge in [0.05, 0.1) is 11.6 Å². The van der Waals surface area contributed by atoms with Crippen LogP contribution < -0.4 is 0 Å². The highest BCUT2D eigenvalue weighted by molar-refractivity contribution is 5.75. The van der Waals surface area contributed by atoms with Gasteiger partial charge < -0.3 is 4.52 Å². The molecule has 0 amide bonds. The van der Waals surface area contributed by atoms with Gasteiger partial charge in [-0.25, -0.2) is 0 Å². The lowest BCUT2D eigenvalue weighted by molar-refractivity contribution is 0.454. The van der Waals surface area contributed by atoms with E-state index in [-0.39, 0.29) is 5.41 Å². The molecule has 0 aliphatic rings. The van der Waals surface area contributed by atoms with Crippen LogP contribution in [0.2, 0.25) is 0 Å². The summed E-state index contributed by atoms with van der Waals surface area (Å²) in [4.78, 5) is 4.35. The third kappa shape index (κ3) is 1.41. The number of fused-ring (bicyclic) bond motifs is 1. The second kappa shape index (κ2) is 2.55. The molecule has 0 unspecified atom stereocenters. The molecule has 2 rings (SSSR count). The summed E-state index contributed by atoms with van der Waals surface area (Å²) < 4.78 is 5.06. The monoisotopic (exact) mass is 176 g/mol. The van der Waals surface area contributed by atoms with Crippen LogP contribution in [-0.2, 0) is 5.41 Å². The molecule has 0 fully saturated rings. The number of hydrogen-bond acceptors (Lipinski definition) is 3. The van der Waals surface area contributed by atoms with Crippen molar-refractivity contribution >= 4 is 11.0 Å². The fourth-order valence-electron chi connectivity index (χ4n) is 1.17. The number of pyridine rings is 1. The van der Waals surface area contributed by atoms with Crippen molar-refractivity contribution in [3.63, 3.8) is 0 Å². The van der Waals surface area contributed by atoms with Gasteiger partial charge in [-0.05, 0) is 0 Å². The van der Waals surface area contributed by atoms with Crippen LogP contribution in [0.15, 0.2) is 23.0 Å². The average molecular weight is 176 g/mol. The molecule has 0 aliphatic carbocycles. The average Bonchev–Trinajstić information content (AvgIpc) is 2.47. The van der Waals surface area contributed by atoms with E-state index < -0.39 is 0 Å². The first-order chi connectivity index (χ1) is 6.07. The van der Waals surface area contributed by atoms with Crippen LogP contribution in [0.4, 0.5) is 0 Å². The van der Waals surface area contributed by atoms with Gasteiger partial charge in [-0.3, -0.25) is 4.98 Å². The summed E-state index contributed by atoms with van der Waals surface area (Å²) in [5, 5.41) is 4.66. The van der Waals surface area contributed by atoms with Crippen molar-refractivity contribution in [2.45, 2.75) is 26.2 Å². The largest absolute Gasteiger partial charge is 0.356 e. The Morgan fingerprint density at radius 3 is 2.69 bits per heavy atom. The Kier molecular flexibility index (Phi) is 1.62. The summed E-state index contributed by atoms with van der Waals surface area (Å²) in [5.41, 5.74) is 1.89. The quantitative estimate of drug-likeness (QED) is 0.619. The van der Waals surface area contributed by atoms with E-state index in [9.17, 15) is 0 Å². The molecule has 2 aromatic rings. The zero-order chi connectivity index (χ0) is 9.47. The maximum atomic E-state index is 5.06. The number of hydrogen-bond donors (Lipinski definition) is 0. The Morgan fingerprint density at radius 2 is 2.00 bits per heavy atom. The van der Waals surface area contributed by atoms with Crippen LogP contribution in [0.25, 0.3) is 11.0 Å². The minimum atomic E-state index is 0.0565. The van der Waals surface area contributed by atoms with Gasteiger partial charge in [0.25, 0.3) is 0 Å². The molecule has 0 N–H and O–H groups in total.